The number of aromatic amines is 1. The van der Waals surface area contributed by atoms with E-state index < -0.39 is 0 Å². The number of nitrogens with zero attached hydrogens (tertiary/aromatic N) is 1. The Kier molecular flexibility index (Phi) is 5.20. The molecule has 2 N–H and O–H groups in total. The molecular weight excluding hydrogens is 326 g/mol. The molecule has 0 spiro atoms. The number of likely N-dealkylation sites (tertiary alicyclic amines) is 1. The Morgan fingerprint density at radius 2 is 1.83 bits per heavy atom. The molecule has 1 aromatic heterocycles. The highest BCUT2D eigenvalue weighted by atomic mass is 35.5. The number of nitrogens with one attached hydrogen (secondary N) is 2. The van der Waals surface area contributed by atoms with E-state index in [0.29, 0.717) is 22.8 Å². The molecule has 126 valence electrons. The lowest BCUT2D eigenvalue weighted by Crippen LogP contribution is -2.35. The van der Waals surface area contributed by atoms with Gasteiger partial charge in [0, 0.05) is 31.4 Å². The van der Waals surface area contributed by atoms with E-state index in [-0.39, 0.29) is 11.8 Å². The fourth-order valence-corrected chi connectivity index (χ4v) is 2.98. The highest BCUT2D eigenvalue weighted by Gasteiger charge is 2.17. The number of halogens is 1. The van der Waals surface area contributed by atoms with Gasteiger partial charge in [-0.1, -0.05) is 23.7 Å². The molecule has 1 fully saturated rings. The van der Waals surface area contributed by atoms with Gasteiger partial charge in [-0.2, -0.15) is 0 Å². The molecule has 3 rings (SSSR count). The van der Waals surface area contributed by atoms with Gasteiger partial charge >= 0.3 is 0 Å². The number of benzene rings is 1. The van der Waals surface area contributed by atoms with Gasteiger partial charge in [-0.3, -0.25) is 9.59 Å². The third kappa shape index (κ3) is 3.97. The van der Waals surface area contributed by atoms with Crippen LogP contribution in [0.15, 0.2) is 36.5 Å². The topological polar surface area (TPSA) is 65.2 Å². The van der Waals surface area contributed by atoms with Crippen molar-refractivity contribution in [1.82, 2.24) is 15.2 Å². The molecule has 0 atom stereocenters. The van der Waals surface area contributed by atoms with Gasteiger partial charge in [-0.05, 0) is 43.0 Å². The maximum Gasteiger partial charge on any atom is 0.268 e. The summed E-state index contributed by atoms with van der Waals surface area (Å²) in [5, 5.41) is 3.32. The lowest BCUT2D eigenvalue weighted by Gasteiger charge is -2.26. The number of carbonyl (C=O) groups is 2. The van der Waals surface area contributed by atoms with E-state index >= 15 is 0 Å². The average Bonchev–Trinajstić information content (AvgIpc) is 3.07. The van der Waals surface area contributed by atoms with Crippen LogP contribution in [0.5, 0.6) is 0 Å². The van der Waals surface area contributed by atoms with Crippen LogP contribution in [0.2, 0.25) is 5.02 Å². The first kappa shape index (κ1) is 16.6. The normalized spacial score (nSPS) is 14.5. The van der Waals surface area contributed by atoms with Crippen LogP contribution < -0.4 is 5.32 Å². The van der Waals surface area contributed by atoms with Crippen molar-refractivity contribution in [2.45, 2.75) is 25.8 Å². The molecule has 0 saturated carbocycles. The van der Waals surface area contributed by atoms with E-state index in [1.54, 1.807) is 12.3 Å². The standard InChI is InChI=1S/C18H20ClN3O2/c19-15-10-16(20-12-15)17(23)21-11-13-4-6-14(7-5-13)18(24)22-8-2-1-3-9-22/h4-7,10,12,20H,1-3,8-9,11H2,(H,21,23). The predicted molar refractivity (Wildman–Crippen MR) is 93.2 cm³/mol. The Labute approximate surface area is 146 Å². The van der Waals surface area contributed by atoms with Gasteiger partial charge in [0.15, 0.2) is 0 Å². The van der Waals surface area contributed by atoms with Gasteiger partial charge in [0.1, 0.15) is 5.69 Å². The molecule has 0 unspecified atom stereocenters. The summed E-state index contributed by atoms with van der Waals surface area (Å²) >= 11 is 5.79. The monoisotopic (exact) mass is 345 g/mol. The second kappa shape index (κ2) is 7.53. The molecule has 1 aromatic carbocycles. The number of hydrogen-bond acceptors (Lipinski definition) is 2. The summed E-state index contributed by atoms with van der Waals surface area (Å²) < 4.78 is 0. The van der Waals surface area contributed by atoms with E-state index in [4.69, 9.17) is 11.6 Å². The van der Waals surface area contributed by atoms with Crippen molar-refractivity contribution in [3.05, 3.63) is 58.4 Å². The van der Waals surface area contributed by atoms with Crippen molar-refractivity contribution < 1.29 is 9.59 Å². The number of hydrogen-bond donors (Lipinski definition) is 2. The Morgan fingerprint density at radius 1 is 1.12 bits per heavy atom. The van der Waals surface area contributed by atoms with Crippen LogP contribution in [-0.2, 0) is 6.54 Å². The van der Waals surface area contributed by atoms with Crippen molar-refractivity contribution in [1.29, 1.82) is 0 Å². The van der Waals surface area contributed by atoms with Gasteiger partial charge in [-0.15, -0.1) is 0 Å². The van der Waals surface area contributed by atoms with Crippen LogP contribution in [0.25, 0.3) is 0 Å². The summed E-state index contributed by atoms with van der Waals surface area (Å²) in [6, 6.07) is 8.98. The maximum absolute atomic E-state index is 12.4. The number of H-pyrrole nitrogens is 1. The smallest absolute Gasteiger partial charge is 0.268 e. The second-order valence-electron chi connectivity index (χ2n) is 5.96. The Balaban J connectivity index is 1.56. The van der Waals surface area contributed by atoms with Crippen molar-refractivity contribution in [2.75, 3.05) is 13.1 Å². The Bertz CT molecular complexity index is 718. The third-order valence-corrected chi connectivity index (χ3v) is 4.41. The largest absolute Gasteiger partial charge is 0.356 e. The van der Waals surface area contributed by atoms with Crippen molar-refractivity contribution in [2.24, 2.45) is 0 Å². The van der Waals surface area contributed by atoms with Crippen LogP contribution in [-0.4, -0.2) is 34.8 Å². The van der Waals surface area contributed by atoms with Crippen LogP contribution in [0.4, 0.5) is 0 Å². The van der Waals surface area contributed by atoms with Crippen molar-refractivity contribution >= 4 is 23.4 Å². The van der Waals surface area contributed by atoms with Gasteiger partial charge < -0.3 is 15.2 Å². The van der Waals surface area contributed by atoms with Gasteiger partial charge in [0.25, 0.3) is 11.8 Å². The van der Waals surface area contributed by atoms with Crippen LogP contribution in [0, 0.1) is 0 Å². The average molecular weight is 346 g/mol. The van der Waals surface area contributed by atoms with E-state index in [0.717, 1.165) is 31.5 Å². The molecule has 5 nitrogen and oxygen atoms in total. The molecule has 0 radical (unpaired) electrons. The summed E-state index contributed by atoms with van der Waals surface area (Å²) in [6.07, 6.45) is 4.93. The lowest BCUT2D eigenvalue weighted by atomic mass is 10.1. The molecule has 1 aliphatic heterocycles. The van der Waals surface area contributed by atoms with Crippen LogP contribution in [0.1, 0.15) is 45.7 Å². The van der Waals surface area contributed by atoms with Gasteiger partial charge in [-0.25, -0.2) is 0 Å². The third-order valence-electron chi connectivity index (χ3n) is 4.19. The first-order chi connectivity index (χ1) is 11.6. The fraction of sp³-hybridized carbons (Fsp3) is 0.333. The fourth-order valence-electron chi connectivity index (χ4n) is 2.82. The Morgan fingerprint density at radius 3 is 2.46 bits per heavy atom. The Hall–Kier alpha value is -2.27. The summed E-state index contributed by atoms with van der Waals surface area (Å²) in [5.41, 5.74) is 2.07. The van der Waals surface area contributed by atoms with E-state index in [9.17, 15) is 9.59 Å². The number of carbonyl (C=O) groups excluding carboxylic acids is 2. The van der Waals surface area contributed by atoms with E-state index in [1.807, 2.05) is 29.2 Å². The number of aromatic nitrogens is 1. The van der Waals surface area contributed by atoms with Crippen molar-refractivity contribution in [3.63, 3.8) is 0 Å². The van der Waals surface area contributed by atoms with Gasteiger partial charge in [0.05, 0.1) is 5.02 Å². The number of amides is 2. The quantitative estimate of drug-likeness (QED) is 0.893. The minimum atomic E-state index is -0.213. The molecular formula is C18H20ClN3O2. The molecule has 0 bridgehead atoms. The zero-order valence-corrected chi connectivity index (χ0v) is 14.1. The van der Waals surface area contributed by atoms with Crippen LogP contribution in [0.3, 0.4) is 0 Å². The highest BCUT2D eigenvalue weighted by molar-refractivity contribution is 6.30. The first-order valence-corrected chi connectivity index (χ1v) is 8.51. The molecule has 1 aliphatic rings. The summed E-state index contributed by atoms with van der Waals surface area (Å²) in [7, 11) is 0. The first-order valence-electron chi connectivity index (χ1n) is 8.14. The highest BCUT2D eigenvalue weighted by Crippen LogP contribution is 2.14. The molecule has 1 saturated heterocycles. The van der Waals surface area contributed by atoms with Crippen LogP contribution >= 0.6 is 11.6 Å². The maximum atomic E-state index is 12.4. The van der Waals surface area contributed by atoms with Gasteiger partial charge in [0.2, 0.25) is 0 Å². The molecule has 2 aromatic rings. The molecule has 0 aliphatic carbocycles. The number of rotatable bonds is 4. The molecule has 2 amide bonds. The molecule has 2 heterocycles. The minimum absolute atomic E-state index is 0.0892. The van der Waals surface area contributed by atoms with E-state index in [1.165, 1.54) is 6.42 Å². The summed E-state index contributed by atoms with van der Waals surface area (Å²) in [5.74, 6) is -0.123. The minimum Gasteiger partial charge on any atom is -0.356 e. The SMILES string of the molecule is O=C(NCc1ccc(C(=O)N2CCCCC2)cc1)c1cc(Cl)c[nH]1. The lowest BCUT2D eigenvalue weighted by molar-refractivity contribution is 0.0724. The summed E-state index contributed by atoms with van der Waals surface area (Å²) in [6.45, 7) is 2.08. The van der Waals surface area contributed by atoms with Crippen molar-refractivity contribution in [3.8, 4) is 0 Å². The second-order valence-corrected chi connectivity index (χ2v) is 6.40. The summed E-state index contributed by atoms with van der Waals surface area (Å²) in [4.78, 5) is 29.1. The van der Waals surface area contributed by atoms with E-state index in [2.05, 4.69) is 10.3 Å². The molecule has 24 heavy (non-hydrogen) atoms. The zero-order valence-electron chi connectivity index (χ0n) is 13.3. The number of piperidine rings is 1. The zero-order chi connectivity index (χ0) is 16.9. The predicted octanol–water partition coefficient (Wildman–Crippen LogP) is 3.22. The molecule has 6 heteroatoms.